The molecule has 0 saturated heterocycles. The molecule has 108 valence electrons. The Kier molecular flexibility index (Phi) is 7.06. The molecule has 3 N–H and O–H groups in total. The van der Waals surface area contributed by atoms with Gasteiger partial charge in [-0.1, -0.05) is 24.9 Å². The fraction of sp³-hybridized carbons (Fsp3) is 0.467. The summed E-state index contributed by atoms with van der Waals surface area (Å²) in [5.41, 5.74) is 6.42. The van der Waals surface area contributed by atoms with Crippen molar-refractivity contribution in [2.75, 3.05) is 11.9 Å². The van der Waals surface area contributed by atoms with E-state index in [-0.39, 0.29) is 5.91 Å². The Morgan fingerprint density at radius 1 is 1.50 bits per heavy atom. The quantitative estimate of drug-likeness (QED) is 0.809. The summed E-state index contributed by atoms with van der Waals surface area (Å²) in [6, 6.07) is 6.85. The van der Waals surface area contributed by atoms with Crippen molar-refractivity contribution in [3.8, 4) is 6.07 Å². The van der Waals surface area contributed by atoms with E-state index in [1.165, 1.54) is 0 Å². The zero-order valence-electron chi connectivity index (χ0n) is 11.7. The zero-order valence-corrected chi connectivity index (χ0v) is 12.4. The predicted octanol–water partition coefficient (Wildman–Crippen LogP) is 3.31. The molecule has 1 amide bonds. The van der Waals surface area contributed by atoms with Crippen LogP contribution in [0, 0.1) is 17.2 Å². The summed E-state index contributed by atoms with van der Waals surface area (Å²) >= 11 is 5.87. The van der Waals surface area contributed by atoms with Crippen LogP contribution in [0.15, 0.2) is 18.2 Å². The molecule has 0 aromatic heterocycles. The summed E-state index contributed by atoms with van der Waals surface area (Å²) in [4.78, 5) is 11.9. The number of nitriles is 1. The van der Waals surface area contributed by atoms with E-state index >= 15 is 0 Å². The van der Waals surface area contributed by atoms with E-state index in [4.69, 9.17) is 22.6 Å². The molecule has 20 heavy (non-hydrogen) atoms. The average molecular weight is 294 g/mol. The van der Waals surface area contributed by atoms with E-state index in [0.29, 0.717) is 35.2 Å². The number of hydrogen-bond donors (Lipinski definition) is 2. The first-order valence-corrected chi connectivity index (χ1v) is 7.18. The molecule has 1 aromatic carbocycles. The Morgan fingerprint density at radius 3 is 2.85 bits per heavy atom. The molecule has 4 nitrogen and oxygen atoms in total. The molecule has 0 bridgehead atoms. The SMILES string of the molecule is CCC(CCN)CCC(=O)Nc1cc(Cl)ccc1C#N. The third-order valence-corrected chi connectivity index (χ3v) is 3.54. The number of carbonyl (C=O) groups is 1. The highest BCUT2D eigenvalue weighted by atomic mass is 35.5. The average Bonchev–Trinajstić information content (AvgIpc) is 2.43. The minimum Gasteiger partial charge on any atom is -0.330 e. The summed E-state index contributed by atoms with van der Waals surface area (Å²) in [5.74, 6) is 0.375. The van der Waals surface area contributed by atoms with Gasteiger partial charge in [0.2, 0.25) is 5.91 Å². The van der Waals surface area contributed by atoms with E-state index < -0.39 is 0 Å². The van der Waals surface area contributed by atoms with Gasteiger partial charge in [-0.15, -0.1) is 0 Å². The second-order valence-electron chi connectivity index (χ2n) is 4.74. The summed E-state index contributed by atoms with van der Waals surface area (Å²) in [6.07, 6.45) is 3.19. The molecular weight excluding hydrogens is 274 g/mol. The number of carbonyl (C=O) groups excluding carboxylic acids is 1. The third-order valence-electron chi connectivity index (χ3n) is 3.31. The summed E-state index contributed by atoms with van der Waals surface area (Å²) in [7, 11) is 0. The van der Waals surface area contributed by atoms with Crippen molar-refractivity contribution in [2.45, 2.75) is 32.6 Å². The van der Waals surface area contributed by atoms with Crippen LogP contribution in [0.3, 0.4) is 0 Å². The number of nitrogens with zero attached hydrogens (tertiary/aromatic N) is 1. The molecular formula is C15H20ClN3O. The second kappa shape index (κ2) is 8.57. The molecule has 1 aromatic rings. The summed E-state index contributed by atoms with van der Waals surface area (Å²) in [5, 5.41) is 12.2. The fourth-order valence-corrected chi connectivity index (χ4v) is 2.23. The van der Waals surface area contributed by atoms with E-state index in [2.05, 4.69) is 12.2 Å². The molecule has 0 heterocycles. The van der Waals surface area contributed by atoms with Crippen LogP contribution in [-0.2, 0) is 4.79 Å². The fourth-order valence-electron chi connectivity index (χ4n) is 2.05. The molecule has 0 fully saturated rings. The van der Waals surface area contributed by atoms with Crippen molar-refractivity contribution in [1.29, 1.82) is 5.26 Å². The molecule has 1 atom stereocenters. The number of nitrogens with one attached hydrogen (secondary N) is 1. The van der Waals surface area contributed by atoms with Crippen LogP contribution < -0.4 is 11.1 Å². The maximum Gasteiger partial charge on any atom is 0.224 e. The van der Waals surface area contributed by atoms with Crippen molar-refractivity contribution < 1.29 is 4.79 Å². The Labute approximate surface area is 124 Å². The largest absolute Gasteiger partial charge is 0.330 e. The van der Waals surface area contributed by atoms with Gasteiger partial charge in [-0.25, -0.2) is 0 Å². The van der Waals surface area contributed by atoms with E-state index in [0.717, 1.165) is 19.3 Å². The van der Waals surface area contributed by atoms with Crippen LogP contribution >= 0.6 is 11.6 Å². The highest BCUT2D eigenvalue weighted by molar-refractivity contribution is 6.31. The number of anilines is 1. The smallest absolute Gasteiger partial charge is 0.224 e. The van der Waals surface area contributed by atoms with Crippen LogP contribution in [0.1, 0.15) is 38.2 Å². The van der Waals surface area contributed by atoms with Gasteiger partial charge in [0.25, 0.3) is 0 Å². The molecule has 5 heteroatoms. The van der Waals surface area contributed by atoms with Crippen LogP contribution in [0.2, 0.25) is 5.02 Å². The van der Waals surface area contributed by atoms with Gasteiger partial charge in [0.1, 0.15) is 6.07 Å². The van der Waals surface area contributed by atoms with Gasteiger partial charge in [0.05, 0.1) is 11.3 Å². The monoisotopic (exact) mass is 293 g/mol. The van der Waals surface area contributed by atoms with Gasteiger partial charge in [-0.3, -0.25) is 4.79 Å². The standard InChI is InChI=1S/C15H20ClN3O/c1-2-11(7-8-17)3-6-15(20)19-14-9-13(16)5-4-12(14)10-18/h4-5,9,11H,2-3,6-8,17H2,1H3,(H,19,20). The van der Waals surface area contributed by atoms with Crippen LogP contribution in [-0.4, -0.2) is 12.5 Å². The van der Waals surface area contributed by atoms with Crippen molar-refractivity contribution in [1.82, 2.24) is 0 Å². The van der Waals surface area contributed by atoms with Crippen LogP contribution in [0.4, 0.5) is 5.69 Å². The topological polar surface area (TPSA) is 78.9 Å². The maximum atomic E-state index is 11.9. The minimum absolute atomic E-state index is 0.0979. The van der Waals surface area contributed by atoms with Gasteiger partial charge in [-0.2, -0.15) is 5.26 Å². The number of rotatable bonds is 7. The predicted molar refractivity (Wildman–Crippen MR) is 81.5 cm³/mol. The van der Waals surface area contributed by atoms with Crippen LogP contribution in [0.25, 0.3) is 0 Å². The molecule has 1 unspecified atom stereocenters. The molecule has 0 aliphatic rings. The lowest BCUT2D eigenvalue weighted by Crippen LogP contribution is -2.15. The van der Waals surface area contributed by atoms with Gasteiger partial charge < -0.3 is 11.1 Å². The van der Waals surface area contributed by atoms with E-state index in [1.807, 2.05) is 6.07 Å². The summed E-state index contributed by atoms with van der Waals surface area (Å²) in [6.45, 7) is 2.75. The highest BCUT2D eigenvalue weighted by Crippen LogP contribution is 2.21. The number of hydrogen-bond acceptors (Lipinski definition) is 3. The van der Waals surface area contributed by atoms with Gasteiger partial charge in [0, 0.05) is 11.4 Å². The Bertz CT molecular complexity index is 496. The van der Waals surface area contributed by atoms with E-state index in [9.17, 15) is 4.79 Å². The number of nitrogens with two attached hydrogens (primary N) is 1. The number of halogens is 1. The first kappa shape index (κ1) is 16.5. The highest BCUT2D eigenvalue weighted by Gasteiger charge is 2.11. The second-order valence-corrected chi connectivity index (χ2v) is 5.18. The molecule has 1 rings (SSSR count). The normalized spacial score (nSPS) is 11.7. The minimum atomic E-state index is -0.0979. The van der Waals surface area contributed by atoms with E-state index in [1.54, 1.807) is 18.2 Å². The van der Waals surface area contributed by atoms with Gasteiger partial charge in [-0.05, 0) is 43.5 Å². The number of benzene rings is 1. The van der Waals surface area contributed by atoms with Crippen LogP contribution in [0.5, 0.6) is 0 Å². The van der Waals surface area contributed by atoms with Crippen molar-refractivity contribution in [2.24, 2.45) is 11.7 Å². The molecule has 0 aliphatic carbocycles. The molecule has 0 spiro atoms. The Balaban J connectivity index is 2.58. The summed E-state index contributed by atoms with van der Waals surface area (Å²) < 4.78 is 0. The van der Waals surface area contributed by atoms with Crippen molar-refractivity contribution in [3.05, 3.63) is 28.8 Å². The van der Waals surface area contributed by atoms with Crippen molar-refractivity contribution >= 4 is 23.2 Å². The Morgan fingerprint density at radius 2 is 2.25 bits per heavy atom. The van der Waals surface area contributed by atoms with Gasteiger partial charge in [0.15, 0.2) is 0 Å². The Hall–Kier alpha value is -1.57. The first-order valence-electron chi connectivity index (χ1n) is 6.80. The molecule has 0 saturated carbocycles. The zero-order chi connectivity index (χ0) is 15.0. The lowest BCUT2D eigenvalue weighted by Gasteiger charge is -2.13. The number of amides is 1. The maximum absolute atomic E-state index is 11.9. The van der Waals surface area contributed by atoms with Gasteiger partial charge >= 0.3 is 0 Å². The third kappa shape index (κ3) is 5.20. The lowest BCUT2D eigenvalue weighted by molar-refractivity contribution is -0.116. The first-order chi connectivity index (χ1) is 9.60. The van der Waals surface area contributed by atoms with Crippen molar-refractivity contribution in [3.63, 3.8) is 0 Å². The molecule has 0 radical (unpaired) electrons. The molecule has 0 aliphatic heterocycles. The lowest BCUT2D eigenvalue weighted by atomic mass is 9.96.